The molecule has 0 heterocycles. The van der Waals surface area contributed by atoms with Gasteiger partial charge in [-0.15, -0.1) is 0 Å². The maximum absolute atomic E-state index is 11.6. The molecule has 1 N–H and O–H groups in total. The van der Waals surface area contributed by atoms with Gasteiger partial charge in [0.1, 0.15) is 0 Å². The van der Waals surface area contributed by atoms with Crippen molar-refractivity contribution < 1.29 is 19.4 Å². The van der Waals surface area contributed by atoms with Gasteiger partial charge in [-0.3, -0.25) is 9.59 Å². The molecule has 0 amide bonds. The van der Waals surface area contributed by atoms with Gasteiger partial charge in [0.15, 0.2) is 5.92 Å². The molecular weight excluding hydrogens is 232 g/mol. The smallest absolute Gasteiger partial charge is 0.320 e. The van der Waals surface area contributed by atoms with Gasteiger partial charge in [-0.25, -0.2) is 0 Å². The molecule has 0 aliphatic carbocycles. The predicted molar refractivity (Wildman–Crippen MR) is 68.0 cm³/mol. The number of benzene rings is 1. The van der Waals surface area contributed by atoms with Crippen molar-refractivity contribution in [2.45, 2.75) is 13.3 Å². The minimum absolute atomic E-state index is 0.107. The number of carbonyl (C=O) groups is 2. The van der Waals surface area contributed by atoms with Crippen molar-refractivity contribution in [1.29, 1.82) is 0 Å². The third kappa shape index (κ3) is 3.45. The summed E-state index contributed by atoms with van der Waals surface area (Å²) >= 11 is 0. The molecule has 0 bridgehead atoms. The van der Waals surface area contributed by atoms with E-state index in [1.54, 1.807) is 25.1 Å². The van der Waals surface area contributed by atoms with E-state index in [1.807, 2.05) is 12.1 Å². The molecule has 0 saturated carbocycles. The molecule has 0 aliphatic heterocycles. The first-order valence-electron chi connectivity index (χ1n) is 5.70. The van der Waals surface area contributed by atoms with Crippen LogP contribution in [0.2, 0.25) is 0 Å². The van der Waals surface area contributed by atoms with E-state index < -0.39 is 17.9 Å². The number of hydrogen-bond acceptors (Lipinski definition) is 3. The summed E-state index contributed by atoms with van der Waals surface area (Å²) in [6.45, 7) is 5.48. The lowest BCUT2D eigenvalue weighted by Gasteiger charge is -2.12. The van der Waals surface area contributed by atoms with Crippen LogP contribution in [0.15, 0.2) is 30.8 Å². The van der Waals surface area contributed by atoms with E-state index in [9.17, 15) is 9.59 Å². The van der Waals surface area contributed by atoms with E-state index >= 15 is 0 Å². The van der Waals surface area contributed by atoms with E-state index in [4.69, 9.17) is 9.84 Å². The first kappa shape index (κ1) is 14.0. The quantitative estimate of drug-likeness (QED) is 0.618. The summed E-state index contributed by atoms with van der Waals surface area (Å²) in [6.07, 6.45) is 1.75. The highest BCUT2D eigenvalue weighted by atomic mass is 16.5. The third-order valence-corrected chi connectivity index (χ3v) is 2.57. The Morgan fingerprint density at radius 3 is 2.67 bits per heavy atom. The van der Waals surface area contributed by atoms with Gasteiger partial charge >= 0.3 is 11.9 Å². The van der Waals surface area contributed by atoms with Crippen molar-refractivity contribution in [3.05, 3.63) is 42.0 Å². The normalized spacial score (nSPS) is 11.6. The molecule has 0 radical (unpaired) electrons. The average molecular weight is 248 g/mol. The number of aliphatic carboxylic acids is 1. The second kappa shape index (κ2) is 6.59. The summed E-state index contributed by atoms with van der Waals surface area (Å²) in [5.74, 6) is -3.05. The lowest BCUT2D eigenvalue weighted by atomic mass is 9.95. The molecule has 0 aromatic heterocycles. The second-order valence-corrected chi connectivity index (χ2v) is 3.75. The molecule has 4 nitrogen and oxygen atoms in total. The highest BCUT2D eigenvalue weighted by Gasteiger charge is 2.28. The molecular formula is C14H16O4. The summed E-state index contributed by atoms with van der Waals surface area (Å²) in [5, 5.41) is 9.07. The number of hydrogen-bond donors (Lipinski definition) is 1. The minimum atomic E-state index is -1.17. The first-order chi connectivity index (χ1) is 8.60. The van der Waals surface area contributed by atoms with Gasteiger partial charge in [0.25, 0.3) is 0 Å². The number of carboxylic acids is 1. The van der Waals surface area contributed by atoms with Crippen molar-refractivity contribution >= 4 is 18.0 Å². The first-order valence-corrected chi connectivity index (χ1v) is 5.70. The third-order valence-electron chi connectivity index (χ3n) is 2.57. The predicted octanol–water partition coefficient (Wildman–Crippen LogP) is 2.14. The van der Waals surface area contributed by atoms with E-state index in [1.165, 1.54) is 0 Å². The topological polar surface area (TPSA) is 63.6 Å². The molecule has 0 saturated heterocycles. The SMILES string of the molecule is C=Cc1ccccc1CC(C(=O)O)C(=O)OCC. The fraction of sp³-hybridized carbons (Fsp3) is 0.286. The lowest BCUT2D eigenvalue weighted by Crippen LogP contribution is -2.28. The van der Waals surface area contributed by atoms with E-state index in [2.05, 4.69) is 6.58 Å². The molecule has 4 heteroatoms. The molecule has 0 fully saturated rings. The second-order valence-electron chi connectivity index (χ2n) is 3.75. The molecule has 1 aromatic rings. The van der Waals surface area contributed by atoms with Crippen LogP contribution in [0, 0.1) is 5.92 Å². The van der Waals surface area contributed by atoms with Crippen molar-refractivity contribution in [1.82, 2.24) is 0 Å². The fourth-order valence-corrected chi connectivity index (χ4v) is 1.65. The molecule has 1 aromatic carbocycles. The van der Waals surface area contributed by atoms with Gasteiger partial charge in [0.2, 0.25) is 0 Å². The highest BCUT2D eigenvalue weighted by Crippen LogP contribution is 2.16. The van der Waals surface area contributed by atoms with Crippen LogP contribution in [-0.2, 0) is 20.7 Å². The maximum atomic E-state index is 11.6. The zero-order valence-electron chi connectivity index (χ0n) is 10.3. The van der Waals surface area contributed by atoms with E-state index in [0.717, 1.165) is 11.1 Å². The minimum Gasteiger partial charge on any atom is -0.481 e. The number of rotatable bonds is 6. The lowest BCUT2D eigenvalue weighted by molar-refractivity contribution is -0.158. The molecule has 1 atom stereocenters. The molecule has 18 heavy (non-hydrogen) atoms. The fourth-order valence-electron chi connectivity index (χ4n) is 1.65. The van der Waals surface area contributed by atoms with E-state index in [0.29, 0.717) is 0 Å². The Morgan fingerprint density at radius 1 is 1.44 bits per heavy atom. The van der Waals surface area contributed by atoms with E-state index in [-0.39, 0.29) is 13.0 Å². The molecule has 96 valence electrons. The van der Waals surface area contributed by atoms with Crippen molar-refractivity contribution in [3.63, 3.8) is 0 Å². The Morgan fingerprint density at radius 2 is 2.11 bits per heavy atom. The van der Waals surface area contributed by atoms with Crippen LogP contribution >= 0.6 is 0 Å². The monoisotopic (exact) mass is 248 g/mol. The molecule has 0 spiro atoms. The summed E-state index contributed by atoms with van der Waals surface area (Å²) in [7, 11) is 0. The Balaban J connectivity index is 2.93. The number of ether oxygens (including phenoxy) is 1. The Labute approximate surface area is 106 Å². The zero-order valence-corrected chi connectivity index (χ0v) is 10.3. The molecule has 1 rings (SSSR count). The Kier molecular flexibility index (Phi) is 5.11. The Hall–Kier alpha value is -2.10. The summed E-state index contributed by atoms with van der Waals surface area (Å²) < 4.78 is 4.77. The standard InChI is InChI=1S/C14H16O4/c1-3-10-7-5-6-8-11(10)9-12(13(15)16)14(17)18-4-2/h3,5-8,12H,1,4,9H2,2H3,(H,15,16). The van der Waals surface area contributed by atoms with Crippen LogP contribution < -0.4 is 0 Å². The zero-order chi connectivity index (χ0) is 13.5. The van der Waals surface area contributed by atoms with Crippen LogP contribution in [0.3, 0.4) is 0 Å². The Bertz CT molecular complexity index is 451. The number of carbonyl (C=O) groups excluding carboxylic acids is 1. The summed E-state index contributed by atoms with van der Waals surface area (Å²) in [4.78, 5) is 22.7. The highest BCUT2D eigenvalue weighted by molar-refractivity contribution is 5.94. The van der Waals surface area contributed by atoms with Gasteiger partial charge in [-0.05, 0) is 24.5 Å². The van der Waals surface area contributed by atoms with Crippen molar-refractivity contribution in [2.75, 3.05) is 6.61 Å². The number of carboxylic acid groups (broad SMARTS) is 1. The maximum Gasteiger partial charge on any atom is 0.320 e. The van der Waals surface area contributed by atoms with Crippen molar-refractivity contribution in [2.24, 2.45) is 5.92 Å². The van der Waals surface area contributed by atoms with Gasteiger partial charge in [-0.1, -0.05) is 36.9 Å². The molecule has 1 unspecified atom stereocenters. The van der Waals surface area contributed by atoms with Crippen LogP contribution in [0.1, 0.15) is 18.1 Å². The number of esters is 1. The van der Waals surface area contributed by atoms with Crippen LogP contribution in [0.5, 0.6) is 0 Å². The van der Waals surface area contributed by atoms with Gasteiger partial charge in [0.05, 0.1) is 6.61 Å². The summed E-state index contributed by atoms with van der Waals surface area (Å²) in [5.41, 5.74) is 1.60. The van der Waals surface area contributed by atoms with Crippen LogP contribution in [-0.4, -0.2) is 23.7 Å². The molecule has 0 aliphatic rings. The van der Waals surface area contributed by atoms with Crippen LogP contribution in [0.25, 0.3) is 6.08 Å². The van der Waals surface area contributed by atoms with Gasteiger partial charge < -0.3 is 9.84 Å². The van der Waals surface area contributed by atoms with Gasteiger partial charge in [-0.2, -0.15) is 0 Å². The van der Waals surface area contributed by atoms with Crippen molar-refractivity contribution in [3.8, 4) is 0 Å². The largest absolute Gasteiger partial charge is 0.481 e. The summed E-state index contributed by atoms with van der Waals surface area (Å²) in [6, 6.07) is 7.24. The average Bonchev–Trinajstić information content (AvgIpc) is 2.36. The van der Waals surface area contributed by atoms with Gasteiger partial charge in [0, 0.05) is 0 Å². The van der Waals surface area contributed by atoms with Crippen LogP contribution in [0.4, 0.5) is 0 Å².